The molecule has 0 radical (unpaired) electrons. The Kier molecular flexibility index (Phi) is 4.91. The van der Waals surface area contributed by atoms with Gasteiger partial charge in [-0.2, -0.15) is 4.31 Å². The van der Waals surface area contributed by atoms with Crippen LogP contribution in [-0.2, 0) is 10.0 Å². The minimum atomic E-state index is -3.61. The smallest absolute Gasteiger partial charge is 0.243 e. The molecule has 0 atom stereocenters. The van der Waals surface area contributed by atoms with Crippen molar-refractivity contribution >= 4 is 15.7 Å². The van der Waals surface area contributed by atoms with Crippen LogP contribution in [0.25, 0.3) is 0 Å². The summed E-state index contributed by atoms with van der Waals surface area (Å²) >= 11 is 0. The molecule has 0 saturated heterocycles. The zero-order chi connectivity index (χ0) is 15.6. The molecule has 118 valence electrons. The van der Waals surface area contributed by atoms with E-state index < -0.39 is 10.0 Å². The molecule has 1 aliphatic carbocycles. The normalized spacial score (nSPS) is 16.8. The average molecular weight is 312 g/mol. The van der Waals surface area contributed by atoms with Gasteiger partial charge in [0.1, 0.15) is 0 Å². The Balaban J connectivity index is 2.48. The van der Waals surface area contributed by atoms with E-state index in [0.717, 1.165) is 25.7 Å². The molecule has 0 aromatic heterocycles. The maximum absolute atomic E-state index is 13.0. The molecule has 2 rings (SSSR count). The first-order valence-electron chi connectivity index (χ1n) is 7.37. The monoisotopic (exact) mass is 312 g/mol. The Hall–Kier alpha value is -1.11. The van der Waals surface area contributed by atoms with Crippen LogP contribution in [0.15, 0.2) is 17.0 Å². The summed E-state index contributed by atoms with van der Waals surface area (Å²) in [6.45, 7) is 3.52. The largest absolute Gasteiger partial charge is 0.399 e. The Bertz CT molecular complexity index is 584. The van der Waals surface area contributed by atoms with Gasteiger partial charge in [-0.3, -0.25) is 0 Å². The van der Waals surface area contributed by atoms with E-state index >= 15 is 0 Å². The van der Waals surface area contributed by atoms with Gasteiger partial charge in [0.05, 0.1) is 11.5 Å². The van der Waals surface area contributed by atoms with Gasteiger partial charge in [-0.25, -0.2) is 8.42 Å². The van der Waals surface area contributed by atoms with Crippen LogP contribution in [0, 0.1) is 13.8 Å². The van der Waals surface area contributed by atoms with Gasteiger partial charge in [-0.05, 0) is 49.9 Å². The fourth-order valence-electron chi connectivity index (χ4n) is 3.30. The third kappa shape index (κ3) is 3.22. The molecule has 1 aromatic carbocycles. The average Bonchev–Trinajstić information content (AvgIpc) is 2.87. The molecule has 5 nitrogen and oxygen atoms in total. The number of nitrogens with zero attached hydrogens (tertiary/aromatic N) is 1. The number of sulfonamides is 1. The first-order valence-corrected chi connectivity index (χ1v) is 8.81. The van der Waals surface area contributed by atoms with E-state index in [0.29, 0.717) is 21.7 Å². The number of aliphatic hydroxyl groups is 1. The number of aliphatic hydroxyl groups excluding tert-OH is 1. The summed E-state index contributed by atoms with van der Waals surface area (Å²) in [5.41, 5.74) is 7.67. The van der Waals surface area contributed by atoms with Crippen LogP contribution in [0.3, 0.4) is 0 Å². The van der Waals surface area contributed by atoms with Gasteiger partial charge in [0, 0.05) is 18.3 Å². The number of hydrogen-bond donors (Lipinski definition) is 2. The Morgan fingerprint density at radius 2 is 1.76 bits per heavy atom. The number of nitrogens with two attached hydrogens (primary N) is 1. The minimum Gasteiger partial charge on any atom is -0.399 e. The summed E-state index contributed by atoms with van der Waals surface area (Å²) < 4.78 is 27.6. The van der Waals surface area contributed by atoms with Crippen LogP contribution >= 0.6 is 0 Å². The van der Waals surface area contributed by atoms with Crippen molar-refractivity contribution in [2.75, 3.05) is 18.9 Å². The first kappa shape index (κ1) is 16.3. The van der Waals surface area contributed by atoms with Crippen molar-refractivity contribution in [2.24, 2.45) is 0 Å². The highest BCUT2D eigenvalue weighted by Crippen LogP contribution is 2.31. The van der Waals surface area contributed by atoms with E-state index in [-0.39, 0.29) is 19.2 Å². The molecular weight excluding hydrogens is 288 g/mol. The lowest BCUT2D eigenvalue weighted by Crippen LogP contribution is -2.41. The van der Waals surface area contributed by atoms with Crippen LogP contribution in [0.1, 0.15) is 36.8 Å². The summed E-state index contributed by atoms with van der Waals surface area (Å²) in [5, 5.41) is 9.26. The molecule has 1 saturated carbocycles. The third-order valence-electron chi connectivity index (χ3n) is 4.10. The van der Waals surface area contributed by atoms with Gasteiger partial charge in [0.25, 0.3) is 0 Å². The van der Waals surface area contributed by atoms with Crippen molar-refractivity contribution in [3.8, 4) is 0 Å². The lowest BCUT2D eigenvalue weighted by Gasteiger charge is -2.28. The number of hydrogen-bond acceptors (Lipinski definition) is 4. The van der Waals surface area contributed by atoms with E-state index in [4.69, 9.17) is 5.73 Å². The predicted molar refractivity (Wildman–Crippen MR) is 83.6 cm³/mol. The highest BCUT2D eigenvalue weighted by molar-refractivity contribution is 7.89. The molecular formula is C15H24N2O3S. The second-order valence-corrected chi connectivity index (χ2v) is 7.59. The van der Waals surface area contributed by atoms with Gasteiger partial charge >= 0.3 is 0 Å². The van der Waals surface area contributed by atoms with Crippen molar-refractivity contribution in [3.05, 3.63) is 23.3 Å². The Morgan fingerprint density at radius 1 is 1.24 bits per heavy atom. The van der Waals surface area contributed by atoms with Crippen LogP contribution in [0.2, 0.25) is 0 Å². The van der Waals surface area contributed by atoms with Crippen molar-refractivity contribution in [2.45, 2.75) is 50.5 Å². The van der Waals surface area contributed by atoms with Crippen molar-refractivity contribution in [1.82, 2.24) is 4.31 Å². The lowest BCUT2D eigenvalue weighted by molar-refractivity contribution is 0.226. The van der Waals surface area contributed by atoms with E-state index in [2.05, 4.69) is 0 Å². The molecule has 21 heavy (non-hydrogen) atoms. The number of rotatable bonds is 5. The highest BCUT2D eigenvalue weighted by atomic mass is 32.2. The molecule has 1 aromatic rings. The zero-order valence-corrected chi connectivity index (χ0v) is 13.5. The third-order valence-corrected chi connectivity index (χ3v) is 6.36. The maximum Gasteiger partial charge on any atom is 0.243 e. The molecule has 3 N–H and O–H groups in total. The van der Waals surface area contributed by atoms with Crippen molar-refractivity contribution in [1.29, 1.82) is 0 Å². The molecule has 0 bridgehead atoms. The summed E-state index contributed by atoms with van der Waals surface area (Å²) in [5.74, 6) is 0. The molecule has 0 aliphatic heterocycles. The maximum atomic E-state index is 13.0. The summed E-state index contributed by atoms with van der Waals surface area (Å²) in [4.78, 5) is 0.331. The molecule has 0 heterocycles. The van der Waals surface area contributed by atoms with E-state index in [1.807, 2.05) is 0 Å². The lowest BCUT2D eigenvalue weighted by atomic mass is 10.1. The van der Waals surface area contributed by atoms with Gasteiger partial charge < -0.3 is 10.8 Å². The molecule has 0 unspecified atom stereocenters. The fourth-order valence-corrected chi connectivity index (χ4v) is 5.39. The van der Waals surface area contributed by atoms with Crippen LogP contribution in [-0.4, -0.2) is 37.0 Å². The zero-order valence-electron chi connectivity index (χ0n) is 12.7. The van der Waals surface area contributed by atoms with Crippen LogP contribution < -0.4 is 5.73 Å². The molecule has 6 heteroatoms. The summed E-state index contributed by atoms with van der Waals surface area (Å²) in [6, 6.07) is 3.37. The van der Waals surface area contributed by atoms with Gasteiger partial charge in [0.2, 0.25) is 10.0 Å². The highest BCUT2D eigenvalue weighted by Gasteiger charge is 2.34. The first-order chi connectivity index (χ1) is 9.87. The topological polar surface area (TPSA) is 83.6 Å². The molecule has 0 amide bonds. The minimum absolute atomic E-state index is 0.00139. The van der Waals surface area contributed by atoms with E-state index in [9.17, 15) is 13.5 Å². The second-order valence-electron chi connectivity index (χ2n) is 5.76. The number of nitrogen functional groups attached to an aromatic ring is 1. The second kappa shape index (κ2) is 6.34. The van der Waals surface area contributed by atoms with Gasteiger partial charge in [0.15, 0.2) is 0 Å². The fraction of sp³-hybridized carbons (Fsp3) is 0.600. The summed E-state index contributed by atoms with van der Waals surface area (Å²) in [6.07, 6.45) is 3.82. The summed E-state index contributed by atoms with van der Waals surface area (Å²) in [7, 11) is -3.61. The SMILES string of the molecule is Cc1cc(N)cc(C)c1S(=O)(=O)N(CCO)C1CCCC1. The Labute approximate surface area is 126 Å². The van der Waals surface area contributed by atoms with Crippen molar-refractivity contribution < 1.29 is 13.5 Å². The van der Waals surface area contributed by atoms with E-state index in [1.54, 1.807) is 26.0 Å². The van der Waals surface area contributed by atoms with Crippen LogP contribution in [0.5, 0.6) is 0 Å². The molecule has 0 spiro atoms. The van der Waals surface area contributed by atoms with E-state index in [1.165, 1.54) is 4.31 Å². The number of aryl methyl sites for hydroxylation is 2. The Morgan fingerprint density at radius 3 is 2.24 bits per heavy atom. The predicted octanol–water partition coefficient (Wildman–Crippen LogP) is 1.81. The van der Waals surface area contributed by atoms with Crippen molar-refractivity contribution in [3.63, 3.8) is 0 Å². The standard InChI is InChI=1S/C15H24N2O3S/c1-11-9-13(16)10-12(2)15(11)21(19,20)17(7-8-18)14-5-3-4-6-14/h9-10,14,18H,3-8,16H2,1-2H3. The van der Waals surface area contributed by atoms with Gasteiger partial charge in [-0.1, -0.05) is 12.8 Å². The number of anilines is 1. The number of benzene rings is 1. The quantitative estimate of drug-likeness (QED) is 0.812. The van der Waals surface area contributed by atoms with Crippen LogP contribution in [0.4, 0.5) is 5.69 Å². The van der Waals surface area contributed by atoms with Gasteiger partial charge in [-0.15, -0.1) is 0 Å². The molecule has 1 aliphatic rings. The molecule has 1 fully saturated rings.